The number of hydrogen-bond donors (Lipinski definition) is 1. The molecule has 1 amide bonds. The first-order valence-electron chi connectivity index (χ1n) is 6.29. The Balaban J connectivity index is 2.17. The number of benzene rings is 1. The van der Waals surface area contributed by atoms with Crippen LogP contribution in [-0.4, -0.2) is 31.3 Å². The Labute approximate surface area is 112 Å². The van der Waals surface area contributed by atoms with E-state index in [9.17, 15) is 9.59 Å². The van der Waals surface area contributed by atoms with Gasteiger partial charge in [-0.05, 0) is 18.6 Å². The van der Waals surface area contributed by atoms with E-state index in [1.807, 2.05) is 29.2 Å². The molecule has 0 unspecified atom stereocenters. The molecule has 0 spiro atoms. The Hall–Kier alpha value is -2.28. The van der Waals surface area contributed by atoms with Gasteiger partial charge in [0.1, 0.15) is 0 Å². The first-order chi connectivity index (χ1) is 9.22. The number of nitrogens with one attached hydrogen (secondary N) is 1. The molecule has 4 nitrogen and oxygen atoms in total. The summed E-state index contributed by atoms with van der Waals surface area (Å²) in [5.74, 6) is 2.39. The van der Waals surface area contributed by atoms with E-state index in [2.05, 4.69) is 11.2 Å². The summed E-state index contributed by atoms with van der Waals surface area (Å²) < 4.78 is 0. The van der Waals surface area contributed by atoms with Crippen LogP contribution in [0.2, 0.25) is 0 Å². The predicted octanol–water partition coefficient (Wildman–Crippen LogP) is 1.22. The van der Waals surface area contributed by atoms with E-state index >= 15 is 0 Å². The van der Waals surface area contributed by atoms with Crippen LogP contribution in [-0.2, 0) is 4.79 Å². The molecule has 4 heteroatoms. The smallest absolute Gasteiger partial charge is 0.240 e. The summed E-state index contributed by atoms with van der Waals surface area (Å²) in [7, 11) is 0. The third kappa shape index (κ3) is 3.14. The maximum atomic E-state index is 12.0. The van der Waals surface area contributed by atoms with E-state index in [1.165, 1.54) is 0 Å². The summed E-state index contributed by atoms with van der Waals surface area (Å²) in [5, 5.41) is 2.64. The average Bonchev–Trinajstić information content (AvgIpc) is 2.58. The van der Waals surface area contributed by atoms with Crippen molar-refractivity contribution < 1.29 is 9.59 Å². The van der Waals surface area contributed by atoms with Gasteiger partial charge >= 0.3 is 0 Å². The van der Waals surface area contributed by atoms with Gasteiger partial charge in [-0.2, -0.15) is 0 Å². The molecule has 1 aromatic carbocycles. The van der Waals surface area contributed by atoms with Crippen molar-refractivity contribution in [3.05, 3.63) is 29.8 Å². The first-order valence-corrected chi connectivity index (χ1v) is 6.29. The SMILES string of the molecule is C#CCNC(=O)CN1CCCC(=O)c2ccccc21. The van der Waals surface area contributed by atoms with Gasteiger partial charge in [-0.25, -0.2) is 0 Å². The maximum Gasteiger partial charge on any atom is 0.240 e. The van der Waals surface area contributed by atoms with Crippen LogP contribution in [0.5, 0.6) is 0 Å². The number of nitrogens with zero attached hydrogens (tertiary/aromatic N) is 1. The number of amides is 1. The number of para-hydroxylation sites is 1. The summed E-state index contributed by atoms with van der Waals surface area (Å²) in [4.78, 5) is 25.6. The maximum absolute atomic E-state index is 12.0. The second-order valence-electron chi connectivity index (χ2n) is 4.45. The molecule has 1 N–H and O–H groups in total. The van der Waals surface area contributed by atoms with Crippen molar-refractivity contribution in [2.45, 2.75) is 12.8 Å². The van der Waals surface area contributed by atoms with Gasteiger partial charge in [0.15, 0.2) is 5.78 Å². The molecule has 0 saturated heterocycles. The second kappa shape index (κ2) is 6.05. The molecular formula is C15H16N2O2. The van der Waals surface area contributed by atoms with E-state index in [0.29, 0.717) is 18.5 Å². The van der Waals surface area contributed by atoms with E-state index in [-0.39, 0.29) is 24.8 Å². The second-order valence-corrected chi connectivity index (χ2v) is 4.45. The zero-order chi connectivity index (χ0) is 13.7. The van der Waals surface area contributed by atoms with E-state index in [0.717, 1.165) is 12.1 Å². The summed E-state index contributed by atoms with van der Waals surface area (Å²) in [6, 6.07) is 7.42. The summed E-state index contributed by atoms with van der Waals surface area (Å²) in [6.07, 6.45) is 6.39. The van der Waals surface area contributed by atoms with Crippen LogP contribution in [0.1, 0.15) is 23.2 Å². The predicted molar refractivity (Wildman–Crippen MR) is 74.1 cm³/mol. The van der Waals surface area contributed by atoms with Crippen molar-refractivity contribution in [1.82, 2.24) is 5.32 Å². The molecule has 1 heterocycles. The Morgan fingerprint density at radius 1 is 1.42 bits per heavy atom. The van der Waals surface area contributed by atoms with Crippen LogP contribution in [0.15, 0.2) is 24.3 Å². The van der Waals surface area contributed by atoms with Gasteiger partial charge in [-0.3, -0.25) is 9.59 Å². The Kier molecular flexibility index (Phi) is 4.19. The lowest BCUT2D eigenvalue weighted by atomic mass is 10.1. The molecule has 1 aliphatic heterocycles. The highest BCUT2D eigenvalue weighted by Crippen LogP contribution is 2.25. The van der Waals surface area contributed by atoms with Crippen molar-refractivity contribution in [1.29, 1.82) is 0 Å². The molecule has 0 bridgehead atoms. The van der Waals surface area contributed by atoms with Crippen LogP contribution in [0.4, 0.5) is 5.69 Å². The van der Waals surface area contributed by atoms with E-state index in [1.54, 1.807) is 0 Å². The average molecular weight is 256 g/mol. The molecular weight excluding hydrogens is 240 g/mol. The zero-order valence-electron chi connectivity index (χ0n) is 10.7. The Morgan fingerprint density at radius 2 is 2.21 bits per heavy atom. The van der Waals surface area contributed by atoms with Gasteiger partial charge in [0, 0.05) is 24.2 Å². The van der Waals surface area contributed by atoms with Gasteiger partial charge in [-0.1, -0.05) is 18.1 Å². The molecule has 1 aliphatic rings. The number of anilines is 1. The fourth-order valence-corrected chi connectivity index (χ4v) is 2.21. The van der Waals surface area contributed by atoms with Gasteiger partial charge in [0.2, 0.25) is 5.91 Å². The van der Waals surface area contributed by atoms with Crippen molar-refractivity contribution in [3.63, 3.8) is 0 Å². The number of hydrogen-bond acceptors (Lipinski definition) is 3. The number of fused-ring (bicyclic) bond motifs is 1. The number of Topliss-reactive ketones (excluding diaryl/α,β-unsaturated/α-hetero) is 1. The molecule has 0 atom stereocenters. The van der Waals surface area contributed by atoms with Gasteiger partial charge < -0.3 is 10.2 Å². The third-order valence-corrected chi connectivity index (χ3v) is 3.10. The number of ketones is 1. The monoisotopic (exact) mass is 256 g/mol. The third-order valence-electron chi connectivity index (χ3n) is 3.10. The fraction of sp³-hybridized carbons (Fsp3) is 0.333. The van der Waals surface area contributed by atoms with Crippen LogP contribution in [0.3, 0.4) is 0 Å². The fourth-order valence-electron chi connectivity index (χ4n) is 2.21. The van der Waals surface area contributed by atoms with Crippen LogP contribution in [0, 0.1) is 12.3 Å². The first kappa shape index (κ1) is 13.2. The van der Waals surface area contributed by atoms with Crippen molar-refractivity contribution >= 4 is 17.4 Å². The Bertz CT molecular complexity index is 531. The summed E-state index contributed by atoms with van der Waals surface area (Å²) in [5.41, 5.74) is 1.53. The molecule has 19 heavy (non-hydrogen) atoms. The Morgan fingerprint density at radius 3 is 3.00 bits per heavy atom. The molecule has 0 aromatic heterocycles. The molecule has 0 fully saturated rings. The van der Waals surface area contributed by atoms with Crippen LogP contribution < -0.4 is 10.2 Å². The van der Waals surface area contributed by atoms with Crippen LogP contribution in [0.25, 0.3) is 0 Å². The lowest BCUT2D eigenvalue weighted by molar-refractivity contribution is -0.119. The van der Waals surface area contributed by atoms with Crippen molar-refractivity contribution in [2.24, 2.45) is 0 Å². The zero-order valence-corrected chi connectivity index (χ0v) is 10.7. The molecule has 98 valence electrons. The normalized spacial score (nSPS) is 14.3. The highest BCUT2D eigenvalue weighted by molar-refractivity contribution is 6.02. The highest BCUT2D eigenvalue weighted by atomic mass is 16.2. The number of terminal acetylenes is 1. The van der Waals surface area contributed by atoms with Crippen molar-refractivity contribution in [3.8, 4) is 12.3 Å². The summed E-state index contributed by atoms with van der Waals surface area (Å²) in [6.45, 7) is 1.16. The lowest BCUT2D eigenvalue weighted by Crippen LogP contribution is -2.37. The van der Waals surface area contributed by atoms with E-state index < -0.39 is 0 Å². The van der Waals surface area contributed by atoms with Gasteiger partial charge in [0.05, 0.1) is 13.1 Å². The largest absolute Gasteiger partial charge is 0.362 e. The molecule has 0 radical (unpaired) electrons. The number of carbonyl (C=O) groups is 2. The summed E-state index contributed by atoms with van der Waals surface area (Å²) >= 11 is 0. The lowest BCUT2D eigenvalue weighted by Gasteiger charge is -2.23. The van der Waals surface area contributed by atoms with Gasteiger partial charge in [-0.15, -0.1) is 6.42 Å². The minimum absolute atomic E-state index is 0.123. The standard InChI is InChI=1S/C15H16N2O2/c1-2-9-16-15(19)11-17-10-5-8-14(18)12-6-3-4-7-13(12)17/h1,3-4,6-7H,5,8-11H2,(H,16,19). The highest BCUT2D eigenvalue weighted by Gasteiger charge is 2.21. The van der Waals surface area contributed by atoms with E-state index in [4.69, 9.17) is 6.42 Å². The van der Waals surface area contributed by atoms with Crippen LogP contribution >= 0.6 is 0 Å². The molecule has 1 aromatic rings. The topological polar surface area (TPSA) is 49.4 Å². The molecule has 2 rings (SSSR count). The minimum atomic E-state index is -0.123. The quantitative estimate of drug-likeness (QED) is 0.827. The number of carbonyl (C=O) groups excluding carboxylic acids is 2. The molecule has 0 saturated carbocycles. The number of rotatable bonds is 3. The minimum Gasteiger partial charge on any atom is -0.362 e. The molecule has 0 aliphatic carbocycles. The van der Waals surface area contributed by atoms with Crippen molar-refractivity contribution in [2.75, 3.05) is 24.5 Å². The van der Waals surface area contributed by atoms with Gasteiger partial charge in [0.25, 0.3) is 0 Å².